The Morgan fingerprint density at radius 1 is 1.50 bits per heavy atom. The molecule has 2 rings (SSSR count). The Morgan fingerprint density at radius 3 is 2.89 bits per heavy atom. The van der Waals surface area contributed by atoms with E-state index in [2.05, 4.69) is 18.7 Å². The van der Waals surface area contributed by atoms with Crippen molar-refractivity contribution in [2.24, 2.45) is 5.92 Å². The van der Waals surface area contributed by atoms with E-state index in [0.717, 1.165) is 25.1 Å². The van der Waals surface area contributed by atoms with Gasteiger partial charge in [-0.3, -0.25) is 10.1 Å². The SMILES string of the molecule is CCc1cc([N+](=O)[O-])ccc1N1CCCC(C)C1. The van der Waals surface area contributed by atoms with Gasteiger partial charge in [0, 0.05) is 30.9 Å². The maximum absolute atomic E-state index is 10.8. The van der Waals surface area contributed by atoms with Gasteiger partial charge in [-0.25, -0.2) is 0 Å². The average Bonchev–Trinajstić information content (AvgIpc) is 2.37. The largest absolute Gasteiger partial charge is 0.371 e. The molecule has 1 aromatic carbocycles. The van der Waals surface area contributed by atoms with Gasteiger partial charge in [0.2, 0.25) is 0 Å². The van der Waals surface area contributed by atoms with E-state index >= 15 is 0 Å². The molecule has 0 radical (unpaired) electrons. The third kappa shape index (κ3) is 2.63. The van der Waals surface area contributed by atoms with Crippen LogP contribution >= 0.6 is 0 Å². The summed E-state index contributed by atoms with van der Waals surface area (Å²) in [6.07, 6.45) is 3.33. The minimum absolute atomic E-state index is 0.195. The third-order valence-electron chi connectivity index (χ3n) is 3.65. The second-order valence-corrected chi connectivity index (χ2v) is 5.12. The number of rotatable bonds is 3. The molecule has 0 N–H and O–H groups in total. The number of hydrogen-bond donors (Lipinski definition) is 0. The fraction of sp³-hybridized carbons (Fsp3) is 0.571. The predicted molar refractivity (Wildman–Crippen MR) is 73.1 cm³/mol. The Labute approximate surface area is 108 Å². The monoisotopic (exact) mass is 248 g/mol. The molecule has 1 fully saturated rings. The Hall–Kier alpha value is -1.58. The first kappa shape index (κ1) is 12.9. The Morgan fingerprint density at radius 2 is 2.28 bits per heavy atom. The molecule has 18 heavy (non-hydrogen) atoms. The van der Waals surface area contributed by atoms with Crippen molar-refractivity contribution in [2.75, 3.05) is 18.0 Å². The van der Waals surface area contributed by atoms with Crippen LogP contribution in [0.1, 0.15) is 32.3 Å². The number of non-ortho nitro benzene ring substituents is 1. The lowest BCUT2D eigenvalue weighted by Crippen LogP contribution is -2.34. The van der Waals surface area contributed by atoms with Gasteiger partial charge < -0.3 is 4.90 Å². The van der Waals surface area contributed by atoms with E-state index in [1.807, 2.05) is 6.07 Å². The van der Waals surface area contributed by atoms with Crippen LogP contribution < -0.4 is 4.90 Å². The molecular formula is C14H20N2O2. The summed E-state index contributed by atoms with van der Waals surface area (Å²) in [5.74, 6) is 0.707. The predicted octanol–water partition coefficient (Wildman–Crippen LogP) is 3.39. The molecule has 0 saturated carbocycles. The quantitative estimate of drug-likeness (QED) is 0.608. The topological polar surface area (TPSA) is 46.4 Å². The lowest BCUT2D eigenvalue weighted by Gasteiger charge is -2.34. The van der Waals surface area contributed by atoms with Crippen LogP contribution in [0.5, 0.6) is 0 Å². The first-order valence-electron chi connectivity index (χ1n) is 6.64. The second-order valence-electron chi connectivity index (χ2n) is 5.12. The first-order chi connectivity index (χ1) is 8.61. The Bertz CT molecular complexity index is 445. The fourth-order valence-electron chi connectivity index (χ4n) is 2.69. The van der Waals surface area contributed by atoms with Crippen molar-refractivity contribution in [2.45, 2.75) is 33.1 Å². The molecule has 4 heteroatoms. The smallest absolute Gasteiger partial charge is 0.269 e. The van der Waals surface area contributed by atoms with Gasteiger partial charge in [-0.05, 0) is 36.8 Å². The molecule has 1 aromatic rings. The summed E-state index contributed by atoms with van der Waals surface area (Å²) in [5, 5.41) is 10.8. The van der Waals surface area contributed by atoms with Crippen LogP contribution in [0, 0.1) is 16.0 Å². The van der Waals surface area contributed by atoms with Crippen LogP contribution in [0.3, 0.4) is 0 Å². The highest BCUT2D eigenvalue weighted by Gasteiger charge is 2.19. The van der Waals surface area contributed by atoms with Crippen molar-refractivity contribution in [3.8, 4) is 0 Å². The summed E-state index contributed by atoms with van der Waals surface area (Å²) in [5.41, 5.74) is 2.45. The van der Waals surface area contributed by atoms with Gasteiger partial charge in [-0.15, -0.1) is 0 Å². The molecule has 0 amide bonds. The summed E-state index contributed by atoms with van der Waals surface area (Å²) in [6, 6.07) is 5.25. The standard InChI is InChI=1S/C14H20N2O2/c1-3-12-9-13(16(17)18)6-7-14(12)15-8-4-5-11(2)10-15/h6-7,9,11H,3-5,8,10H2,1-2H3. The fourth-order valence-corrected chi connectivity index (χ4v) is 2.69. The van der Waals surface area contributed by atoms with Crippen LogP contribution in [-0.2, 0) is 6.42 Å². The van der Waals surface area contributed by atoms with Gasteiger partial charge in [0.25, 0.3) is 5.69 Å². The van der Waals surface area contributed by atoms with Gasteiger partial charge in [0.1, 0.15) is 0 Å². The Balaban J connectivity index is 2.29. The van der Waals surface area contributed by atoms with Gasteiger partial charge in [0.05, 0.1) is 4.92 Å². The van der Waals surface area contributed by atoms with E-state index in [0.29, 0.717) is 5.92 Å². The van der Waals surface area contributed by atoms with Crippen LogP contribution in [0.25, 0.3) is 0 Å². The van der Waals surface area contributed by atoms with Crippen LogP contribution in [-0.4, -0.2) is 18.0 Å². The van der Waals surface area contributed by atoms with Crippen molar-refractivity contribution >= 4 is 11.4 Å². The number of nitrogens with zero attached hydrogens (tertiary/aromatic N) is 2. The van der Waals surface area contributed by atoms with E-state index < -0.39 is 0 Å². The van der Waals surface area contributed by atoms with Gasteiger partial charge in [0.15, 0.2) is 0 Å². The van der Waals surface area contributed by atoms with E-state index in [9.17, 15) is 10.1 Å². The number of hydrogen-bond acceptors (Lipinski definition) is 3. The lowest BCUT2D eigenvalue weighted by atomic mass is 9.98. The molecule has 4 nitrogen and oxygen atoms in total. The molecular weight excluding hydrogens is 228 g/mol. The number of piperidine rings is 1. The molecule has 98 valence electrons. The zero-order chi connectivity index (χ0) is 13.1. The molecule has 0 aliphatic carbocycles. The number of nitro benzene ring substituents is 1. The summed E-state index contributed by atoms with van der Waals surface area (Å²) < 4.78 is 0. The third-order valence-corrected chi connectivity index (χ3v) is 3.65. The summed E-state index contributed by atoms with van der Waals surface area (Å²) >= 11 is 0. The highest BCUT2D eigenvalue weighted by Crippen LogP contribution is 2.29. The zero-order valence-corrected chi connectivity index (χ0v) is 11.1. The lowest BCUT2D eigenvalue weighted by molar-refractivity contribution is -0.384. The van der Waals surface area contributed by atoms with E-state index in [-0.39, 0.29) is 10.6 Å². The molecule has 1 unspecified atom stereocenters. The van der Waals surface area contributed by atoms with Crippen molar-refractivity contribution in [3.05, 3.63) is 33.9 Å². The molecule has 1 aliphatic heterocycles. The first-order valence-corrected chi connectivity index (χ1v) is 6.64. The molecule has 1 atom stereocenters. The molecule has 0 aromatic heterocycles. The Kier molecular flexibility index (Phi) is 3.84. The van der Waals surface area contributed by atoms with Crippen molar-refractivity contribution in [3.63, 3.8) is 0 Å². The van der Waals surface area contributed by atoms with E-state index in [1.54, 1.807) is 12.1 Å². The number of aryl methyl sites for hydroxylation is 1. The molecule has 1 saturated heterocycles. The van der Waals surface area contributed by atoms with E-state index in [1.165, 1.54) is 18.5 Å². The normalized spacial score (nSPS) is 19.9. The average molecular weight is 248 g/mol. The summed E-state index contributed by atoms with van der Waals surface area (Å²) in [4.78, 5) is 12.9. The number of benzene rings is 1. The molecule has 0 bridgehead atoms. The van der Waals surface area contributed by atoms with Crippen molar-refractivity contribution in [1.82, 2.24) is 0 Å². The zero-order valence-electron chi connectivity index (χ0n) is 11.1. The maximum Gasteiger partial charge on any atom is 0.269 e. The second kappa shape index (κ2) is 5.38. The van der Waals surface area contributed by atoms with Crippen molar-refractivity contribution in [1.29, 1.82) is 0 Å². The highest BCUT2D eigenvalue weighted by molar-refractivity contribution is 5.58. The highest BCUT2D eigenvalue weighted by atomic mass is 16.6. The molecule has 1 heterocycles. The molecule has 0 spiro atoms. The van der Waals surface area contributed by atoms with Crippen LogP contribution in [0.4, 0.5) is 11.4 Å². The number of anilines is 1. The molecule has 1 aliphatic rings. The van der Waals surface area contributed by atoms with Gasteiger partial charge in [-0.2, -0.15) is 0 Å². The van der Waals surface area contributed by atoms with Gasteiger partial charge in [-0.1, -0.05) is 13.8 Å². The van der Waals surface area contributed by atoms with Crippen molar-refractivity contribution < 1.29 is 4.92 Å². The maximum atomic E-state index is 10.8. The van der Waals surface area contributed by atoms with Crippen LogP contribution in [0.2, 0.25) is 0 Å². The van der Waals surface area contributed by atoms with E-state index in [4.69, 9.17) is 0 Å². The minimum Gasteiger partial charge on any atom is -0.371 e. The van der Waals surface area contributed by atoms with Gasteiger partial charge >= 0.3 is 0 Å². The van der Waals surface area contributed by atoms with Crippen LogP contribution in [0.15, 0.2) is 18.2 Å². The number of nitro groups is 1. The minimum atomic E-state index is -0.318. The summed E-state index contributed by atoms with van der Waals surface area (Å²) in [7, 11) is 0. The summed E-state index contributed by atoms with van der Waals surface area (Å²) in [6.45, 7) is 6.44.